The molecule has 2 aromatic rings. The molecule has 24 heavy (non-hydrogen) atoms. The first-order chi connectivity index (χ1) is 11.8. The lowest BCUT2D eigenvalue weighted by atomic mass is 10.1. The Morgan fingerprint density at radius 2 is 2.12 bits per heavy atom. The van der Waals surface area contributed by atoms with E-state index >= 15 is 0 Å². The van der Waals surface area contributed by atoms with Crippen LogP contribution in [0, 0.1) is 5.41 Å². The summed E-state index contributed by atoms with van der Waals surface area (Å²) in [4.78, 5) is 4.88. The van der Waals surface area contributed by atoms with Crippen LogP contribution in [0.4, 0.5) is 5.69 Å². The summed E-state index contributed by atoms with van der Waals surface area (Å²) in [5.74, 6) is 1.12. The molecular formula is C19H24N2OS2. The summed E-state index contributed by atoms with van der Waals surface area (Å²) in [7, 11) is 0. The van der Waals surface area contributed by atoms with E-state index in [-0.39, 0.29) is 0 Å². The van der Waals surface area contributed by atoms with Gasteiger partial charge in [-0.15, -0.1) is 23.1 Å². The lowest BCUT2D eigenvalue weighted by Crippen LogP contribution is -2.30. The number of nitrogens with one attached hydrogen (secondary N) is 1. The van der Waals surface area contributed by atoms with E-state index in [1.165, 1.54) is 16.1 Å². The summed E-state index contributed by atoms with van der Waals surface area (Å²) in [5, 5.41) is 19.2. The zero-order chi connectivity index (χ0) is 16.8. The average Bonchev–Trinajstić information content (AvgIpc) is 3.13. The second kappa shape index (κ2) is 8.70. The predicted molar refractivity (Wildman–Crippen MR) is 105 cm³/mol. The van der Waals surface area contributed by atoms with Gasteiger partial charge in [0, 0.05) is 41.6 Å². The first-order valence-electron chi connectivity index (χ1n) is 8.51. The largest absolute Gasteiger partial charge is 0.396 e. The zero-order valence-electron chi connectivity index (χ0n) is 13.8. The molecule has 1 aliphatic rings. The van der Waals surface area contributed by atoms with Gasteiger partial charge in [-0.3, -0.25) is 0 Å². The smallest absolute Gasteiger partial charge is 0.0529 e. The highest BCUT2D eigenvalue weighted by Gasteiger charge is 2.17. The monoisotopic (exact) mass is 360 g/mol. The Bertz CT molecular complexity index is 670. The van der Waals surface area contributed by atoms with Crippen LogP contribution in [0.15, 0.2) is 40.6 Å². The van der Waals surface area contributed by atoms with Gasteiger partial charge in [-0.25, -0.2) is 0 Å². The molecule has 1 aromatic heterocycles. The lowest BCUT2D eigenvalue weighted by Gasteiger charge is -2.31. The SMILES string of the molecule is N=C(Cc1ccc2c(c1)SCCN2CCCCCO)c1cccs1. The number of hydrogen-bond donors (Lipinski definition) is 2. The number of thiophene rings is 1. The maximum atomic E-state index is 8.90. The first kappa shape index (κ1) is 17.5. The Labute approximate surface area is 152 Å². The molecule has 2 N–H and O–H groups in total. The van der Waals surface area contributed by atoms with Crippen molar-refractivity contribution in [1.29, 1.82) is 5.41 Å². The fourth-order valence-corrected chi connectivity index (χ4v) is 4.78. The van der Waals surface area contributed by atoms with Crippen LogP contribution in [0.3, 0.4) is 0 Å². The molecule has 1 aliphatic heterocycles. The number of fused-ring (bicyclic) bond motifs is 1. The predicted octanol–water partition coefficient (Wildman–Crippen LogP) is 4.43. The van der Waals surface area contributed by atoms with Gasteiger partial charge >= 0.3 is 0 Å². The number of aliphatic hydroxyl groups excluding tert-OH is 1. The number of aliphatic hydroxyl groups is 1. The molecule has 0 aliphatic carbocycles. The quantitative estimate of drug-likeness (QED) is 0.541. The standard InChI is InChI=1S/C19H24N2OS2/c20-16(18-5-4-11-23-18)13-15-6-7-17-19(14-15)24-12-9-21(17)8-2-1-3-10-22/h4-7,11,14,20,22H,1-3,8-10,12-13H2. The molecule has 0 saturated carbocycles. The third kappa shape index (κ3) is 4.41. The highest BCUT2D eigenvalue weighted by atomic mass is 32.2. The number of hydrogen-bond acceptors (Lipinski definition) is 5. The van der Waals surface area contributed by atoms with Crippen molar-refractivity contribution in [3.8, 4) is 0 Å². The van der Waals surface area contributed by atoms with Crippen LogP contribution < -0.4 is 4.90 Å². The molecule has 3 nitrogen and oxygen atoms in total. The Morgan fingerprint density at radius 3 is 2.92 bits per heavy atom. The molecule has 5 heteroatoms. The number of benzene rings is 1. The van der Waals surface area contributed by atoms with Crippen molar-refractivity contribution < 1.29 is 5.11 Å². The highest BCUT2D eigenvalue weighted by molar-refractivity contribution is 7.99. The van der Waals surface area contributed by atoms with Gasteiger partial charge in [0.15, 0.2) is 0 Å². The Kier molecular flexibility index (Phi) is 6.35. The normalized spacial score (nSPS) is 13.8. The van der Waals surface area contributed by atoms with Crippen molar-refractivity contribution in [3.05, 3.63) is 46.2 Å². The fraction of sp³-hybridized carbons (Fsp3) is 0.421. The van der Waals surface area contributed by atoms with Gasteiger partial charge in [0.05, 0.1) is 11.4 Å². The molecule has 0 fully saturated rings. The van der Waals surface area contributed by atoms with Gasteiger partial charge in [-0.05, 0) is 48.4 Å². The molecule has 0 bridgehead atoms. The average molecular weight is 361 g/mol. The summed E-state index contributed by atoms with van der Waals surface area (Å²) in [5.41, 5.74) is 3.26. The first-order valence-corrected chi connectivity index (χ1v) is 10.4. The molecule has 0 amide bonds. The van der Waals surface area contributed by atoms with Crippen molar-refractivity contribution in [1.82, 2.24) is 0 Å². The summed E-state index contributed by atoms with van der Waals surface area (Å²) in [6.07, 6.45) is 3.82. The fourth-order valence-electron chi connectivity index (χ4n) is 3.00. The topological polar surface area (TPSA) is 47.3 Å². The summed E-state index contributed by atoms with van der Waals surface area (Å²) in [6.45, 7) is 2.46. The Hall–Kier alpha value is -1.30. The molecular weight excluding hydrogens is 336 g/mol. The molecule has 2 heterocycles. The number of nitrogens with zero attached hydrogens (tertiary/aromatic N) is 1. The minimum absolute atomic E-state index is 0.298. The van der Waals surface area contributed by atoms with Crippen molar-refractivity contribution in [2.75, 3.05) is 30.3 Å². The van der Waals surface area contributed by atoms with E-state index in [9.17, 15) is 0 Å². The van der Waals surface area contributed by atoms with Crippen LogP contribution >= 0.6 is 23.1 Å². The summed E-state index contributed by atoms with van der Waals surface area (Å²) < 4.78 is 0. The number of anilines is 1. The summed E-state index contributed by atoms with van der Waals surface area (Å²) in [6, 6.07) is 10.7. The maximum Gasteiger partial charge on any atom is 0.0529 e. The van der Waals surface area contributed by atoms with Crippen molar-refractivity contribution in [2.24, 2.45) is 0 Å². The van der Waals surface area contributed by atoms with Crippen LogP contribution in [0.5, 0.6) is 0 Å². The highest BCUT2D eigenvalue weighted by Crippen LogP contribution is 2.35. The van der Waals surface area contributed by atoms with Crippen LogP contribution in [0.1, 0.15) is 29.7 Å². The number of unbranched alkanes of at least 4 members (excludes halogenated alkanes) is 2. The van der Waals surface area contributed by atoms with Crippen LogP contribution in [0.2, 0.25) is 0 Å². The van der Waals surface area contributed by atoms with Crippen molar-refractivity contribution in [2.45, 2.75) is 30.6 Å². The van der Waals surface area contributed by atoms with E-state index in [1.54, 1.807) is 11.3 Å². The van der Waals surface area contributed by atoms with E-state index in [0.29, 0.717) is 18.7 Å². The Morgan fingerprint density at radius 1 is 1.21 bits per heavy atom. The third-order valence-corrected chi connectivity index (χ3v) is 6.22. The van der Waals surface area contributed by atoms with Crippen LogP contribution in [-0.2, 0) is 6.42 Å². The minimum atomic E-state index is 0.298. The lowest BCUT2D eigenvalue weighted by molar-refractivity contribution is 0.283. The van der Waals surface area contributed by atoms with Gasteiger partial charge in [-0.1, -0.05) is 12.1 Å². The molecule has 0 unspecified atom stereocenters. The van der Waals surface area contributed by atoms with Gasteiger partial charge in [0.2, 0.25) is 0 Å². The maximum absolute atomic E-state index is 8.90. The zero-order valence-corrected chi connectivity index (χ0v) is 15.5. The molecule has 0 spiro atoms. The van der Waals surface area contributed by atoms with Gasteiger partial charge in [-0.2, -0.15) is 0 Å². The number of thioether (sulfide) groups is 1. The Balaban J connectivity index is 1.65. The minimum Gasteiger partial charge on any atom is -0.396 e. The molecule has 0 atom stereocenters. The molecule has 128 valence electrons. The van der Waals surface area contributed by atoms with Gasteiger partial charge < -0.3 is 15.4 Å². The molecule has 1 aromatic carbocycles. The van der Waals surface area contributed by atoms with E-state index < -0.39 is 0 Å². The van der Waals surface area contributed by atoms with Crippen LogP contribution in [-0.4, -0.2) is 36.3 Å². The third-order valence-electron chi connectivity index (χ3n) is 4.27. The van der Waals surface area contributed by atoms with Gasteiger partial charge in [0.1, 0.15) is 0 Å². The number of rotatable bonds is 8. The van der Waals surface area contributed by atoms with Gasteiger partial charge in [0.25, 0.3) is 0 Å². The van der Waals surface area contributed by atoms with Crippen LogP contribution in [0.25, 0.3) is 0 Å². The summed E-state index contributed by atoms with van der Waals surface area (Å²) >= 11 is 3.56. The van der Waals surface area contributed by atoms with E-state index in [0.717, 1.165) is 43.0 Å². The van der Waals surface area contributed by atoms with Crippen molar-refractivity contribution in [3.63, 3.8) is 0 Å². The second-order valence-corrected chi connectivity index (χ2v) is 8.14. The molecule has 0 radical (unpaired) electrons. The van der Waals surface area contributed by atoms with E-state index in [4.69, 9.17) is 10.5 Å². The van der Waals surface area contributed by atoms with E-state index in [1.807, 2.05) is 29.3 Å². The molecule has 0 saturated heterocycles. The van der Waals surface area contributed by atoms with Crippen molar-refractivity contribution >= 4 is 34.5 Å². The van der Waals surface area contributed by atoms with E-state index in [2.05, 4.69) is 23.1 Å². The molecule has 3 rings (SSSR count). The second-order valence-electron chi connectivity index (χ2n) is 6.05.